The summed E-state index contributed by atoms with van der Waals surface area (Å²) < 4.78 is 29.0. The standard InChI is InChI=1S/C32H41N3O4S/c1-7-26(6)33-32(37)30(8-2)34(21-27-17-14-23(3)15-18-27)31(36)22-35(28-19-16-24(4)25(5)20-28)40(38,39)29-12-10-9-11-13-29/h9-20,26,30H,7-8,21-22H2,1-6H3,(H,33,37)/t26-,30-/m0/s1. The van der Waals surface area contributed by atoms with Crippen LogP contribution in [0.15, 0.2) is 77.7 Å². The van der Waals surface area contributed by atoms with Gasteiger partial charge >= 0.3 is 0 Å². The molecule has 0 fully saturated rings. The van der Waals surface area contributed by atoms with Crippen LogP contribution >= 0.6 is 0 Å². The smallest absolute Gasteiger partial charge is 0.264 e. The van der Waals surface area contributed by atoms with Crippen LogP contribution in [-0.2, 0) is 26.2 Å². The number of amides is 2. The zero-order chi connectivity index (χ0) is 29.4. The third kappa shape index (κ3) is 7.50. The summed E-state index contributed by atoms with van der Waals surface area (Å²) >= 11 is 0. The van der Waals surface area contributed by atoms with E-state index in [1.807, 2.05) is 71.9 Å². The van der Waals surface area contributed by atoms with E-state index in [2.05, 4.69) is 5.32 Å². The number of sulfonamides is 1. The number of anilines is 1. The topological polar surface area (TPSA) is 86.8 Å². The summed E-state index contributed by atoms with van der Waals surface area (Å²) in [5.74, 6) is -0.703. The van der Waals surface area contributed by atoms with E-state index in [1.54, 1.807) is 30.3 Å². The van der Waals surface area contributed by atoms with Gasteiger partial charge < -0.3 is 10.2 Å². The SMILES string of the molecule is CC[C@H](C)NC(=O)[C@H](CC)N(Cc1ccc(C)cc1)C(=O)CN(c1ccc(C)c(C)c1)S(=O)(=O)c1ccccc1. The molecule has 0 saturated heterocycles. The van der Waals surface area contributed by atoms with Gasteiger partial charge in [0.15, 0.2) is 0 Å². The minimum absolute atomic E-state index is 0.0524. The number of aryl methyl sites for hydroxylation is 3. The van der Waals surface area contributed by atoms with E-state index < -0.39 is 28.5 Å². The van der Waals surface area contributed by atoms with E-state index in [0.29, 0.717) is 12.1 Å². The highest BCUT2D eigenvalue weighted by molar-refractivity contribution is 7.92. The predicted octanol–water partition coefficient (Wildman–Crippen LogP) is 5.53. The van der Waals surface area contributed by atoms with Gasteiger partial charge in [0, 0.05) is 12.6 Å². The third-order valence-electron chi connectivity index (χ3n) is 7.25. The minimum Gasteiger partial charge on any atom is -0.352 e. The summed E-state index contributed by atoms with van der Waals surface area (Å²) in [5.41, 5.74) is 4.26. The Morgan fingerprint density at radius 3 is 2.08 bits per heavy atom. The normalized spacial score (nSPS) is 12.8. The summed E-state index contributed by atoms with van der Waals surface area (Å²) in [6.07, 6.45) is 1.14. The van der Waals surface area contributed by atoms with Gasteiger partial charge in [-0.05, 0) is 81.5 Å². The molecule has 214 valence electrons. The largest absolute Gasteiger partial charge is 0.352 e. The van der Waals surface area contributed by atoms with E-state index >= 15 is 0 Å². The fourth-order valence-electron chi connectivity index (χ4n) is 4.38. The zero-order valence-corrected chi connectivity index (χ0v) is 25.2. The van der Waals surface area contributed by atoms with Crippen LogP contribution in [0.25, 0.3) is 0 Å². The lowest BCUT2D eigenvalue weighted by molar-refractivity contribution is -0.140. The molecule has 7 nitrogen and oxygen atoms in total. The van der Waals surface area contributed by atoms with Crippen molar-refractivity contribution in [2.45, 2.75) is 77.9 Å². The molecule has 0 aliphatic heterocycles. The van der Waals surface area contributed by atoms with Crippen molar-refractivity contribution in [1.29, 1.82) is 0 Å². The van der Waals surface area contributed by atoms with Gasteiger partial charge in [0.05, 0.1) is 10.6 Å². The Labute approximate surface area is 239 Å². The maximum absolute atomic E-state index is 14.1. The van der Waals surface area contributed by atoms with Crippen molar-refractivity contribution >= 4 is 27.5 Å². The first-order chi connectivity index (χ1) is 19.0. The number of benzene rings is 3. The summed E-state index contributed by atoms with van der Waals surface area (Å²) in [5, 5.41) is 3.00. The van der Waals surface area contributed by atoms with E-state index in [4.69, 9.17) is 0 Å². The first-order valence-corrected chi connectivity index (χ1v) is 15.2. The Balaban J connectivity index is 2.06. The van der Waals surface area contributed by atoms with Gasteiger partial charge in [0.1, 0.15) is 12.6 Å². The van der Waals surface area contributed by atoms with Crippen LogP contribution in [0.2, 0.25) is 0 Å². The number of rotatable bonds is 12. The average Bonchev–Trinajstić information content (AvgIpc) is 2.94. The number of hydrogen-bond donors (Lipinski definition) is 1. The Bertz CT molecular complexity index is 1410. The number of carbonyl (C=O) groups excluding carboxylic acids is 2. The van der Waals surface area contributed by atoms with Crippen LogP contribution in [0.1, 0.15) is 55.9 Å². The fourth-order valence-corrected chi connectivity index (χ4v) is 5.81. The average molecular weight is 564 g/mol. The first-order valence-electron chi connectivity index (χ1n) is 13.8. The van der Waals surface area contributed by atoms with Crippen molar-refractivity contribution in [3.63, 3.8) is 0 Å². The van der Waals surface area contributed by atoms with Gasteiger partial charge in [-0.3, -0.25) is 13.9 Å². The van der Waals surface area contributed by atoms with Crippen LogP contribution in [0.3, 0.4) is 0 Å². The van der Waals surface area contributed by atoms with E-state index in [-0.39, 0.29) is 23.4 Å². The van der Waals surface area contributed by atoms with Crippen LogP contribution in [-0.4, -0.2) is 43.8 Å². The van der Waals surface area contributed by atoms with Gasteiger partial charge in [0.25, 0.3) is 10.0 Å². The number of nitrogens with one attached hydrogen (secondary N) is 1. The van der Waals surface area contributed by atoms with Crippen molar-refractivity contribution < 1.29 is 18.0 Å². The predicted molar refractivity (Wildman–Crippen MR) is 161 cm³/mol. The second kappa shape index (κ2) is 13.6. The molecular formula is C32H41N3O4S. The van der Waals surface area contributed by atoms with Crippen LogP contribution in [0.4, 0.5) is 5.69 Å². The van der Waals surface area contributed by atoms with Gasteiger partial charge in [-0.2, -0.15) is 0 Å². The third-order valence-corrected chi connectivity index (χ3v) is 9.04. The Kier molecular flexibility index (Phi) is 10.5. The van der Waals surface area contributed by atoms with Crippen molar-refractivity contribution in [2.75, 3.05) is 10.8 Å². The molecule has 2 atom stereocenters. The van der Waals surface area contributed by atoms with E-state index in [9.17, 15) is 18.0 Å². The number of nitrogens with zero attached hydrogens (tertiary/aromatic N) is 2. The highest BCUT2D eigenvalue weighted by Crippen LogP contribution is 2.26. The molecule has 0 bridgehead atoms. The van der Waals surface area contributed by atoms with Crippen molar-refractivity contribution in [3.05, 3.63) is 95.1 Å². The second-order valence-electron chi connectivity index (χ2n) is 10.3. The molecule has 40 heavy (non-hydrogen) atoms. The Hall–Kier alpha value is -3.65. The molecule has 8 heteroatoms. The lowest BCUT2D eigenvalue weighted by Gasteiger charge is -2.34. The van der Waals surface area contributed by atoms with Crippen LogP contribution < -0.4 is 9.62 Å². The molecular weight excluding hydrogens is 522 g/mol. The lowest BCUT2D eigenvalue weighted by Crippen LogP contribution is -2.53. The second-order valence-corrected chi connectivity index (χ2v) is 12.2. The molecule has 0 spiro atoms. The molecule has 0 unspecified atom stereocenters. The highest BCUT2D eigenvalue weighted by Gasteiger charge is 2.34. The lowest BCUT2D eigenvalue weighted by atomic mass is 10.1. The molecule has 2 amide bonds. The monoisotopic (exact) mass is 563 g/mol. The Morgan fingerprint density at radius 1 is 0.850 bits per heavy atom. The zero-order valence-electron chi connectivity index (χ0n) is 24.3. The number of carbonyl (C=O) groups is 2. The van der Waals surface area contributed by atoms with E-state index in [1.165, 1.54) is 17.0 Å². The van der Waals surface area contributed by atoms with Crippen molar-refractivity contribution in [3.8, 4) is 0 Å². The molecule has 3 aromatic rings. The minimum atomic E-state index is -4.08. The van der Waals surface area contributed by atoms with Crippen molar-refractivity contribution in [1.82, 2.24) is 10.2 Å². The van der Waals surface area contributed by atoms with Crippen LogP contribution in [0.5, 0.6) is 0 Å². The van der Waals surface area contributed by atoms with Gasteiger partial charge in [-0.25, -0.2) is 8.42 Å². The molecule has 0 aliphatic rings. The highest BCUT2D eigenvalue weighted by atomic mass is 32.2. The molecule has 0 aliphatic carbocycles. The van der Waals surface area contributed by atoms with Crippen molar-refractivity contribution in [2.24, 2.45) is 0 Å². The maximum atomic E-state index is 14.1. The van der Waals surface area contributed by atoms with Gasteiger partial charge in [0.2, 0.25) is 11.8 Å². The molecule has 3 rings (SSSR count). The molecule has 0 saturated carbocycles. The summed E-state index contributed by atoms with van der Waals surface area (Å²) in [6.45, 7) is 11.3. The fraction of sp³-hybridized carbons (Fsp3) is 0.375. The molecule has 0 heterocycles. The summed E-state index contributed by atoms with van der Waals surface area (Å²) in [4.78, 5) is 29.1. The first kappa shape index (κ1) is 30.9. The summed E-state index contributed by atoms with van der Waals surface area (Å²) in [7, 11) is -4.08. The van der Waals surface area contributed by atoms with Crippen LogP contribution in [0, 0.1) is 20.8 Å². The van der Waals surface area contributed by atoms with Gasteiger partial charge in [-0.15, -0.1) is 0 Å². The summed E-state index contributed by atoms with van der Waals surface area (Å²) in [6, 6.07) is 20.4. The number of hydrogen-bond acceptors (Lipinski definition) is 4. The molecule has 1 N–H and O–H groups in total. The molecule has 0 aromatic heterocycles. The molecule has 3 aromatic carbocycles. The Morgan fingerprint density at radius 2 is 1.50 bits per heavy atom. The molecule has 0 radical (unpaired) electrons. The quantitative estimate of drug-likeness (QED) is 0.314. The van der Waals surface area contributed by atoms with E-state index in [0.717, 1.165) is 33.0 Å². The maximum Gasteiger partial charge on any atom is 0.264 e. The van der Waals surface area contributed by atoms with Gasteiger partial charge in [-0.1, -0.05) is 67.9 Å².